The predicted molar refractivity (Wildman–Crippen MR) is 113 cm³/mol. The molecule has 0 aliphatic carbocycles. The topological polar surface area (TPSA) is 65.2 Å². The van der Waals surface area contributed by atoms with E-state index >= 15 is 0 Å². The number of nitrogens with zero attached hydrogens (tertiary/aromatic N) is 5. The number of halogens is 1. The molecule has 3 heterocycles. The number of hydrogen-bond donors (Lipinski definition) is 0. The number of nitriles is 1. The van der Waals surface area contributed by atoms with Crippen molar-refractivity contribution in [3.63, 3.8) is 0 Å². The van der Waals surface area contributed by atoms with Crippen molar-refractivity contribution in [3.05, 3.63) is 68.5 Å². The molecular weight excluding hydrogens is 418 g/mol. The molecule has 0 atom stereocenters. The van der Waals surface area contributed by atoms with Crippen LogP contribution in [0.5, 0.6) is 0 Å². The van der Waals surface area contributed by atoms with E-state index in [9.17, 15) is 10.1 Å². The lowest BCUT2D eigenvalue weighted by Gasteiger charge is -2.36. The summed E-state index contributed by atoms with van der Waals surface area (Å²) < 4.78 is 2.19. The van der Waals surface area contributed by atoms with Crippen molar-refractivity contribution < 1.29 is 0 Å². The van der Waals surface area contributed by atoms with Crippen LogP contribution in [0, 0.1) is 11.3 Å². The fourth-order valence-corrected chi connectivity index (χ4v) is 4.06. The van der Waals surface area contributed by atoms with Crippen molar-refractivity contribution in [3.8, 4) is 6.07 Å². The van der Waals surface area contributed by atoms with E-state index in [1.54, 1.807) is 7.05 Å². The molecule has 1 aliphatic rings. The highest BCUT2D eigenvalue weighted by Gasteiger charge is 2.25. The number of fused-ring (bicyclic) bond motifs is 1. The van der Waals surface area contributed by atoms with E-state index in [-0.39, 0.29) is 11.1 Å². The van der Waals surface area contributed by atoms with Gasteiger partial charge in [0.2, 0.25) is 0 Å². The summed E-state index contributed by atoms with van der Waals surface area (Å²) in [5.41, 5.74) is 3.25. The van der Waals surface area contributed by atoms with E-state index in [2.05, 4.69) is 61.0 Å². The van der Waals surface area contributed by atoms with E-state index in [0.29, 0.717) is 15.8 Å². The van der Waals surface area contributed by atoms with Crippen molar-refractivity contribution in [2.45, 2.75) is 6.54 Å². The van der Waals surface area contributed by atoms with E-state index in [1.165, 1.54) is 10.1 Å². The third-order valence-corrected chi connectivity index (χ3v) is 5.67. The van der Waals surface area contributed by atoms with Crippen LogP contribution in [0.15, 0.2) is 51.9 Å². The molecule has 3 aromatic rings. The van der Waals surface area contributed by atoms with Crippen LogP contribution in [0.2, 0.25) is 0 Å². The predicted octanol–water partition coefficient (Wildman–Crippen LogP) is 2.89. The van der Waals surface area contributed by atoms with Gasteiger partial charge in [-0.3, -0.25) is 9.69 Å². The maximum absolute atomic E-state index is 12.7. The molecule has 0 N–H and O–H groups in total. The Morgan fingerprint density at radius 1 is 1.11 bits per heavy atom. The van der Waals surface area contributed by atoms with Crippen LogP contribution in [0.1, 0.15) is 11.1 Å². The lowest BCUT2D eigenvalue weighted by Crippen LogP contribution is -2.47. The van der Waals surface area contributed by atoms with Crippen LogP contribution in [0.3, 0.4) is 0 Å². The molecular formula is C21H20BrN5O. The Hall–Kier alpha value is -2.69. The maximum atomic E-state index is 12.7. The Morgan fingerprint density at radius 3 is 2.50 bits per heavy atom. The van der Waals surface area contributed by atoms with Gasteiger partial charge in [0.05, 0.1) is 11.2 Å². The van der Waals surface area contributed by atoms with Gasteiger partial charge < -0.3 is 9.47 Å². The highest BCUT2D eigenvalue weighted by Crippen LogP contribution is 2.29. The molecule has 7 heteroatoms. The largest absolute Gasteiger partial charge is 0.366 e. The number of anilines is 1. The zero-order valence-electron chi connectivity index (χ0n) is 15.6. The number of hydrogen-bond acceptors (Lipinski definition) is 5. The first-order valence-electron chi connectivity index (χ1n) is 9.19. The Morgan fingerprint density at radius 2 is 1.82 bits per heavy atom. The van der Waals surface area contributed by atoms with Crippen LogP contribution < -0.4 is 10.5 Å². The van der Waals surface area contributed by atoms with Crippen molar-refractivity contribution in [2.75, 3.05) is 31.1 Å². The summed E-state index contributed by atoms with van der Waals surface area (Å²) in [5, 5.41) is 9.69. The first-order chi connectivity index (χ1) is 13.6. The van der Waals surface area contributed by atoms with Gasteiger partial charge >= 0.3 is 0 Å². The van der Waals surface area contributed by atoms with Gasteiger partial charge in [-0.1, -0.05) is 30.3 Å². The number of aryl methyl sites for hydroxylation is 1. The molecule has 1 fully saturated rings. The molecule has 1 aliphatic heterocycles. The maximum Gasteiger partial charge on any atom is 0.270 e. The van der Waals surface area contributed by atoms with E-state index in [0.717, 1.165) is 38.2 Å². The van der Waals surface area contributed by atoms with E-state index < -0.39 is 0 Å². The Kier molecular flexibility index (Phi) is 5.16. The van der Waals surface area contributed by atoms with Gasteiger partial charge in [-0.25, -0.2) is 4.98 Å². The minimum absolute atomic E-state index is 0.164. The average Bonchev–Trinajstić information content (AvgIpc) is 2.72. The Labute approximate surface area is 171 Å². The van der Waals surface area contributed by atoms with E-state index in [1.807, 2.05) is 18.2 Å². The molecule has 2 aromatic heterocycles. The Balaban J connectivity index is 1.67. The van der Waals surface area contributed by atoms with E-state index in [4.69, 9.17) is 0 Å². The second-order valence-corrected chi connectivity index (χ2v) is 7.76. The summed E-state index contributed by atoms with van der Waals surface area (Å²) in [6.07, 6.45) is 0. The van der Waals surface area contributed by atoms with Crippen LogP contribution in [-0.4, -0.2) is 40.6 Å². The average molecular weight is 438 g/mol. The quantitative estimate of drug-likeness (QED) is 0.589. The minimum atomic E-state index is -0.277. The smallest absolute Gasteiger partial charge is 0.270 e. The lowest BCUT2D eigenvalue weighted by atomic mass is 10.1. The minimum Gasteiger partial charge on any atom is -0.366 e. The summed E-state index contributed by atoms with van der Waals surface area (Å²) in [7, 11) is 1.68. The third-order valence-electron chi connectivity index (χ3n) is 5.23. The molecule has 1 saturated heterocycles. The van der Waals surface area contributed by atoms with Gasteiger partial charge in [0.1, 0.15) is 21.8 Å². The highest BCUT2D eigenvalue weighted by atomic mass is 79.9. The van der Waals surface area contributed by atoms with Crippen molar-refractivity contribution in [1.82, 2.24) is 14.5 Å². The lowest BCUT2D eigenvalue weighted by molar-refractivity contribution is 0.250. The zero-order valence-corrected chi connectivity index (χ0v) is 17.2. The van der Waals surface area contributed by atoms with Crippen molar-refractivity contribution in [1.29, 1.82) is 5.26 Å². The van der Waals surface area contributed by atoms with Gasteiger partial charge in [-0.05, 0) is 33.6 Å². The molecule has 6 nitrogen and oxygen atoms in total. The summed E-state index contributed by atoms with van der Waals surface area (Å²) >= 11 is 3.42. The van der Waals surface area contributed by atoms with Gasteiger partial charge in [0, 0.05) is 39.8 Å². The first kappa shape index (κ1) is 18.7. The summed E-state index contributed by atoms with van der Waals surface area (Å²) in [5.74, 6) is 0. The number of piperazine rings is 1. The molecule has 0 amide bonds. The Bertz CT molecular complexity index is 1110. The van der Waals surface area contributed by atoms with Crippen LogP contribution in [0.25, 0.3) is 11.0 Å². The normalized spacial score (nSPS) is 15.0. The highest BCUT2D eigenvalue weighted by molar-refractivity contribution is 9.10. The van der Waals surface area contributed by atoms with Gasteiger partial charge in [0.15, 0.2) is 0 Å². The van der Waals surface area contributed by atoms with Crippen LogP contribution in [-0.2, 0) is 13.6 Å². The molecule has 0 radical (unpaired) electrons. The summed E-state index contributed by atoms with van der Waals surface area (Å²) in [6, 6.07) is 16.2. The fraction of sp³-hybridized carbons (Fsp3) is 0.286. The SMILES string of the molecule is Cn1c(=O)c(C#N)c(N2CCN(Cc3ccccc3)CC2)c2nc(Br)ccc21. The summed E-state index contributed by atoms with van der Waals surface area (Å²) in [6.45, 7) is 4.13. The van der Waals surface area contributed by atoms with Gasteiger partial charge in [-0.15, -0.1) is 0 Å². The molecule has 142 valence electrons. The monoisotopic (exact) mass is 437 g/mol. The first-order valence-corrected chi connectivity index (χ1v) is 9.98. The van der Waals surface area contributed by atoms with Gasteiger partial charge in [-0.2, -0.15) is 5.26 Å². The summed E-state index contributed by atoms with van der Waals surface area (Å²) in [4.78, 5) is 21.9. The van der Waals surface area contributed by atoms with Gasteiger partial charge in [0.25, 0.3) is 5.56 Å². The molecule has 28 heavy (non-hydrogen) atoms. The number of rotatable bonds is 3. The molecule has 1 aromatic carbocycles. The molecule has 0 bridgehead atoms. The fourth-order valence-electron chi connectivity index (χ4n) is 3.75. The van der Waals surface area contributed by atoms with Crippen LogP contribution >= 0.6 is 15.9 Å². The number of aromatic nitrogens is 2. The standard InChI is InChI=1S/C21H20BrN5O/c1-25-17-7-8-18(22)24-19(17)20(16(13-23)21(25)28)27-11-9-26(10-12-27)14-15-5-3-2-4-6-15/h2-8H,9-12,14H2,1H3. The second-order valence-electron chi connectivity index (χ2n) is 6.95. The number of benzene rings is 1. The molecule has 0 unspecified atom stereocenters. The van der Waals surface area contributed by atoms with Crippen molar-refractivity contribution >= 4 is 32.7 Å². The third kappa shape index (κ3) is 3.41. The number of pyridine rings is 2. The van der Waals surface area contributed by atoms with Crippen molar-refractivity contribution in [2.24, 2.45) is 7.05 Å². The second kappa shape index (κ2) is 7.74. The molecule has 0 spiro atoms. The zero-order chi connectivity index (χ0) is 19.7. The van der Waals surface area contributed by atoms with Crippen LogP contribution in [0.4, 0.5) is 5.69 Å². The molecule has 0 saturated carbocycles. The molecule has 4 rings (SSSR count).